The molecule has 0 bridgehead atoms. The molecule has 1 aliphatic rings. The number of rotatable bonds is 6. The van der Waals surface area contributed by atoms with Crippen LogP contribution < -0.4 is 4.90 Å². The zero-order valence-corrected chi connectivity index (χ0v) is 16.4. The molecule has 2 amide bonds. The van der Waals surface area contributed by atoms with Crippen molar-refractivity contribution < 1.29 is 22.7 Å². The molecule has 1 atom stereocenters. The predicted octanol–water partition coefficient (Wildman–Crippen LogP) is 1.84. The van der Waals surface area contributed by atoms with Gasteiger partial charge in [0.25, 0.3) is 0 Å². The number of anilines is 1. The minimum atomic E-state index is -3.54. The molecule has 1 saturated heterocycles. The van der Waals surface area contributed by atoms with Gasteiger partial charge in [0, 0.05) is 7.05 Å². The highest BCUT2D eigenvalue weighted by molar-refractivity contribution is 7.93. The molecule has 12 heteroatoms. The maximum Gasteiger partial charge on any atom is 0.350 e. The number of amides is 2. The number of hydrogen-bond acceptors (Lipinski definition) is 9. The standard InChI is InChI=1S/C14H16N4O5S3/c1-3-7-26(21,22)13-16-15-12(25-13)18-10(8-17(2)14(18)20)23-11(19)9-5-4-6-24-9/h4-6,10H,3,7-8H2,1-2H3. The smallest absolute Gasteiger partial charge is 0.350 e. The van der Waals surface area contributed by atoms with Gasteiger partial charge in [-0.2, -0.15) is 0 Å². The molecule has 9 nitrogen and oxygen atoms in total. The van der Waals surface area contributed by atoms with Crippen molar-refractivity contribution in [2.45, 2.75) is 23.9 Å². The minimum absolute atomic E-state index is 0.0493. The van der Waals surface area contributed by atoms with Gasteiger partial charge in [-0.15, -0.1) is 21.5 Å². The molecule has 2 aromatic rings. The molecule has 1 unspecified atom stereocenters. The van der Waals surface area contributed by atoms with Crippen molar-refractivity contribution in [3.05, 3.63) is 22.4 Å². The zero-order chi connectivity index (χ0) is 18.9. The van der Waals surface area contributed by atoms with E-state index in [-0.39, 0.29) is 21.8 Å². The monoisotopic (exact) mass is 416 g/mol. The minimum Gasteiger partial charge on any atom is -0.435 e. The number of carbonyl (C=O) groups is 2. The first-order valence-corrected chi connectivity index (χ1v) is 11.0. The second kappa shape index (κ2) is 7.29. The summed E-state index contributed by atoms with van der Waals surface area (Å²) in [6.45, 7) is 1.89. The summed E-state index contributed by atoms with van der Waals surface area (Å²) in [5.74, 6) is -0.604. The van der Waals surface area contributed by atoms with Gasteiger partial charge < -0.3 is 9.64 Å². The number of carbonyl (C=O) groups excluding carboxylic acids is 2. The lowest BCUT2D eigenvalue weighted by Gasteiger charge is -2.19. The highest BCUT2D eigenvalue weighted by Gasteiger charge is 2.41. The van der Waals surface area contributed by atoms with Gasteiger partial charge in [0.1, 0.15) is 4.88 Å². The molecule has 3 rings (SSSR count). The Morgan fingerprint density at radius 1 is 1.42 bits per heavy atom. The molecule has 2 aromatic heterocycles. The average Bonchev–Trinajstić information content (AvgIpc) is 3.30. The van der Waals surface area contributed by atoms with Crippen LogP contribution in [0.1, 0.15) is 23.0 Å². The van der Waals surface area contributed by atoms with Gasteiger partial charge in [-0.05, 0) is 17.9 Å². The highest BCUT2D eigenvalue weighted by Crippen LogP contribution is 2.30. The van der Waals surface area contributed by atoms with E-state index in [4.69, 9.17) is 4.74 Å². The van der Waals surface area contributed by atoms with Gasteiger partial charge in [0.05, 0.1) is 12.3 Å². The van der Waals surface area contributed by atoms with Gasteiger partial charge >= 0.3 is 12.0 Å². The molecule has 26 heavy (non-hydrogen) atoms. The molecule has 0 radical (unpaired) electrons. The highest BCUT2D eigenvalue weighted by atomic mass is 32.2. The van der Waals surface area contributed by atoms with Crippen molar-refractivity contribution in [1.29, 1.82) is 0 Å². The second-order valence-corrected chi connectivity index (χ2v) is 9.73. The lowest BCUT2D eigenvalue weighted by Crippen LogP contribution is -2.37. The van der Waals surface area contributed by atoms with Crippen molar-refractivity contribution in [3.63, 3.8) is 0 Å². The molecule has 140 valence electrons. The Morgan fingerprint density at radius 2 is 2.19 bits per heavy atom. The van der Waals surface area contributed by atoms with Crippen molar-refractivity contribution in [2.24, 2.45) is 0 Å². The normalized spacial score (nSPS) is 17.8. The molecule has 0 spiro atoms. The predicted molar refractivity (Wildman–Crippen MR) is 96.3 cm³/mol. The topological polar surface area (TPSA) is 110 Å². The number of urea groups is 1. The van der Waals surface area contributed by atoms with E-state index < -0.39 is 28.1 Å². The number of nitrogens with zero attached hydrogens (tertiary/aromatic N) is 4. The lowest BCUT2D eigenvalue weighted by atomic mass is 10.4. The molecule has 1 aliphatic heterocycles. The Labute approximate surface area is 158 Å². The fraction of sp³-hybridized carbons (Fsp3) is 0.429. The van der Waals surface area contributed by atoms with Crippen LogP contribution in [0.4, 0.5) is 9.93 Å². The molecular weight excluding hydrogens is 400 g/mol. The summed E-state index contributed by atoms with van der Waals surface area (Å²) in [7, 11) is -1.98. The first kappa shape index (κ1) is 18.7. The van der Waals surface area contributed by atoms with E-state index >= 15 is 0 Å². The second-order valence-electron chi connectivity index (χ2n) is 5.54. The van der Waals surface area contributed by atoms with Gasteiger partial charge in [0.2, 0.25) is 25.5 Å². The molecule has 0 aliphatic carbocycles. The molecule has 0 aromatic carbocycles. The summed E-state index contributed by atoms with van der Waals surface area (Å²) >= 11 is 2.02. The summed E-state index contributed by atoms with van der Waals surface area (Å²) < 4.78 is 29.5. The summed E-state index contributed by atoms with van der Waals surface area (Å²) in [5.41, 5.74) is 0. The van der Waals surface area contributed by atoms with E-state index in [1.54, 1.807) is 31.5 Å². The number of likely N-dealkylation sites (N-methyl/N-ethyl adjacent to an activating group) is 1. The quantitative estimate of drug-likeness (QED) is 0.522. The van der Waals surface area contributed by atoms with Crippen molar-refractivity contribution in [3.8, 4) is 0 Å². The Morgan fingerprint density at radius 3 is 2.85 bits per heavy atom. The van der Waals surface area contributed by atoms with Crippen LogP contribution >= 0.6 is 22.7 Å². The number of aromatic nitrogens is 2. The Hall–Kier alpha value is -2.05. The van der Waals surface area contributed by atoms with E-state index in [1.807, 2.05) is 0 Å². The Bertz CT molecular complexity index is 909. The van der Waals surface area contributed by atoms with Crippen LogP contribution in [0, 0.1) is 0 Å². The first-order chi connectivity index (χ1) is 12.3. The summed E-state index contributed by atoms with van der Waals surface area (Å²) in [6.07, 6.45) is -0.458. The van der Waals surface area contributed by atoms with E-state index in [1.165, 1.54) is 16.2 Å². The van der Waals surface area contributed by atoms with Gasteiger partial charge in [-0.3, -0.25) is 0 Å². The number of thiophene rings is 1. The van der Waals surface area contributed by atoms with Crippen LogP contribution in [-0.4, -0.2) is 61.1 Å². The lowest BCUT2D eigenvalue weighted by molar-refractivity contribution is 0.0337. The Balaban J connectivity index is 1.85. The van der Waals surface area contributed by atoms with E-state index in [0.717, 1.165) is 16.2 Å². The van der Waals surface area contributed by atoms with E-state index in [2.05, 4.69) is 10.2 Å². The molecule has 0 N–H and O–H groups in total. The van der Waals surface area contributed by atoms with Crippen molar-refractivity contribution in [2.75, 3.05) is 24.2 Å². The summed E-state index contributed by atoms with van der Waals surface area (Å²) in [4.78, 5) is 27.6. The SMILES string of the molecule is CCCS(=O)(=O)c1nnc(N2C(=O)N(C)CC2OC(=O)c2cccs2)s1. The maximum absolute atomic E-state index is 12.4. The Kier molecular flexibility index (Phi) is 5.25. The average molecular weight is 417 g/mol. The number of ether oxygens (including phenoxy) is 1. The maximum atomic E-state index is 12.4. The summed E-state index contributed by atoms with van der Waals surface area (Å²) in [5, 5.41) is 9.36. The van der Waals surface area contributed by atoms with Crippen LogP contribution in [0.25, 0.3) is 0 Å². The molecule has 1 fully saturated rings. The molecular formula is C14H16N4O5S3. The van der Waals surface area contributed by atoms with Crippen LogP contribution in [0.15, 0.2) is 21.9 Å². The van der Waals surface area contributed by atoms with Crippen LogP contribution in [0.2, 0.25) is 0 Å². The van der Waals surface area contributed by atoms with Gasteiger partial charge in [-0.1, -0.05) is 24.3 Å². The molecule has 3 heterocycles. The molecule has 0 saturated carbocycles. The third-order valence-electron chi connectivity index (χ3n) is 3.56. The van der Waals surface area contributed by atoms with Crippen molar-refractivity contribution >= 4 is 49.6 Å². The first-order valence-electron chi connectivity index (χ1n) is 7.68. The number of esters is 1. The van der Waals surface area contributed by atoms with E-state index in [9.17, 15) is 18.0 Å². The van der Waals surface area contributed by atoms with Crippen LogP contribution in [0.3, 0.4) is 0 Å². The van der Waals surface area contributed by atoms with Crippen LogP contribution in [0.5, 0.6) is 0 Å². The fourth-order valence-electron chi connectivity index (χ4n) is 2.35. The van der Waals surface area contributed by atoms with Crippen molar-refractivity contribution in [1.82, 2.24) is 15.1 Å². The van der Waals surface area contributed by atoms with Crippen LogP contribution in [-0.2, 0) is 14.6 Å². The zero-order valence-electron chi connectivity index (χ0n) is 14.0. The number of hydrogen-bond donors (Lipinski definition) is 0. The van der Waals surface area contributed by atoms with Gasteiger partial charge in [-0.25, -0.2) is 22.9 Å². The number of sulfone groups is 1. The third-order valence-corrected chi connectivity index (χ3v) is 7.70. The summed E-state index contributed by atoms with van der Waals surface area (Å²) in [6, 6.07) is 2.91. The fourth-order valence-corrected chi connectivity index (χ4v) is 5.43. The third kappa shape index (κ3) is 3.57. The van der Waals surface area contributed by atoms with Gasteiger partial charge in [0.15, 0.2) is 0 Å². The van der Waals surface area contributed by atoms with E-state index in [0.29, 0.717) is 11.3 Å². The largest absolute Gasteiger partial charge is 0.435 e.